The van der Waals surface area contributed by atoms with E-state index in [4.69, 9.17) is 4.42 Å². The molecule has 0 bridgehead atoms. The number of hydrogen-bond acceptors (Lipinski definition) is 3. The van der Waals surface area contributed by atoms with Crippen LogP contribution >= 0.6 is 0 Å². The number of pyridine rings is 1. The van der Waals surface area contributed by atoms with E-state index in [2.05, 4.69) is 10.3 Å². The second-order valence-electron chi connectivity index (χ2n) is 4.02. The van der Waals surface area contributed by atoms with Gasteiger partial charge in [0.1, 0.15) is 17.3 Å². The average Bonchev–Trinajstić information content (AvgIpc) is 2.73. The van der Waals surface area contributed by atoms with Crippen molar-refractivity contribution in [1.29, 1.82) is 0 Å². The molecule has 0 aliphatic rings. The first kappa shape index (κ1) is 11.8. The second kappa shape index (κ2) is 5.10. The third-order valence-electron chi connectivity index (χ3n) is 2.57. The lowest BCUT2D eigenvalue weighted by molar-refractivity contribution is 0.441. The first-order chi connectivity index (χ1) is 8.15. The molecule has 0 radical (unpaired) electrons. The van der Waals surface area contributed by atoms with Crippen molar-refractivity contribution in [2.24, 2.45) is 0 Å². The molecule has 1 atom stereocenters. The Labute approximate surface area is 99.7 Å². The van der Waals surface area contributed by atoms with Gasteiger partial charge in [-0.05, 0) is 38.1 Å². The Morgan fingerprint density at radius 1 is 1.35 bits per heavy atom. The number of rotatable bonds is 4. The molecule has 0 saturated heterocycles. The van der Waals surface area contributed by atoms with Gasteiger partial charge in [-0.15, -0.1) is 0 Å². The van der Waals surface area contributed by atoms with Gasteiger partial charge in [-0.3, -0.25) is 4.98 Å². The van der Waals surface area contributed by atoms with Crippen LogP contribution in [0, 0.1) is 12.7 Å². The molecule has 2 heterocycles. The summed E-state index contributed by atoms with van der Waals surface area (Å²) in [5.74, 6) is 1.47. The highest BCUT2D eigenvalue weighted by Crippen LogP contribution is 2.12. The first-order valence-corrected chi connectivity index (χ1v) is 5.55. The third-order valence-corrected chi connectivity index (χ3v) is 2.57. The summed E-state index contributed by atoms with van der Waals surface area (Å²) in [6.07, 6.45) is 1.23. The van der Waals surface area contributed by atoms with Crippen molar-refractivity contribution in [2.75, 3.05) is 0 Å². The molecule has 0 aliphatic carbocycles. The lowest BCUT2D eigenvalue weighted by Gasteiger charge is -2.11. The zero-order valence-corrected chi connectivity index (χ0v) is 9.90. The molecule has 90 valence electrons. The molecule has 1 N–H and O–H groups in total. The summed E-state index contributed by atoms with van der Waals surface area (Å²) < 4.78 is 18.2. The van der Waals surface area contributed by atoms with Crippen molar-refractivity contribution in [3.05, 3.63) is 53.5 Å². The molecule has 17 heavy (non-hydrogen) atoms. The van der Waals surface area contributed by atoms with E-state index in [1.165, 1.54) is 12.3 Å². The summed E-state index contributed by atoms with van der Waals surface area (Å²) in [4.78, 5) is 4.03. The maximum absolute atomic E-state index is 12.7. The van der Waals surface area contributed by atoms with Crippen LogP contribution in [-0.4, -0.2) is 4.98 Å². The number of nitrogens with zero attached hydrogens (tertiary/aromatic N) is 1. The van der Waals surface area contributed by atoms with Crippen LogP contribution in [0.15, 0.2) is 34.9 Å². The molecule has 2 rings (SSSR count). The summed E-state index contributed by atoms with van der Waals surface area (Å²) in [5, 5.41) is 3.27. The third kappa shape index (κ3) is 3.14. The molecule has 3 nitrogen and oxygen atoms in total. The lowest BCUT2D eigenvalue weighted by atomic mass is 10.2. The average molecular weight is 234 g/mol. The van der Waals surface area contributed by atoms with Crippen molar-refractivity contribution in [2.45, 2.75) is 26.4 Å². The lowest BCUT2D eigenvalue weighted by Crippen LogP contribution is -2.18. The molecule has 0 aromatic carbocycles. The van der Waals surface area contributed by atoms with Crippen molar-refractivity contribution < 1.29 is 8.81 Å². The molecule has 2 aromatic heterocycles. The Morgan fingerprint density at radius 3 is 2.76 bits per heavy atom. The topological polar surface area (TPSA) is 38.1 Å². The van der Waals surface area contributed by atoms with Gasteiger partial charge in [0.05, 0.1) is 18.4 Å². The summed E-state index contributed by atoms with van der Waals surface area (Å²) in [7, 11) is 0. The fourth-order valence-corrected chi connectivity index (χ4v) is 1.58. The highest BCUT2D eigenvalue weighted by molar-refractivity contribution is 5.10. The van der Waals surface area contributed by atoms with E-state index >= 15 is 0 Å². The Kier molecular flexibility index (Phi) is 3.54. The monoisotopic (exact) mass is 234 g/mol. The van der Waals surface area contributed by atoms with E-state index in [0.29, 0.717) is 6.54 Å². The van der Waals surface area contributed by atoms with Gasteiger partial charge in [-0.25, -0.2) is 4.39 Å². The molecule has 0 amide bonds. The normalized spacial score (nSPS) is 12.6. The number of halogens is 1. The summed E-state index contributed by atoms with van der Waals surface area (Å²) >= 11 is 0. The highest BCUT2D eigenvalue weighted by Gasteiger charge is 2.07. The quantitative estimate of drug-likeness (QED) is 0.883. The Hall–Kier alpha value is -1.68. The minimum Gasteiger partial charge on any atom is -0.465 e. The van der Waals surface area contributed by atoms with E-state index in [1.807, 2.05) is 26.0 Å². The number of nitrogens with one attached hydrogen (secondary N) is 1. The first-order valence-electron chi connectivity index (χ1n) is 5.55. The standard InChI is InChI=1S/C13H15FN2O/c1-9-3-5-12(17-9)8-15-10(2)13-6-4-11(14)7-16-13/h3-7,10,15H,8H2,1-2H3. The Bertz CT molecular complexity index is 478. The molecular formula is C13H15FN2O. The zero-order chi connectivity index (χ0) is 12.3. The van der Waals surface area contributed by atoms with Gasteiger partial charge in [0.15, 0.2) is 0 Å². The fraction of sp³-hybridized carbons (Fsp3) is 0.308. The van der Waals surface area contributed by atoms with Crippen LogP contribution in [-0.2, 0) is 6.54 Å². The summed E-state index contributed by atoms with van der Waals surface area (Å²) in [6, 6.07) is 7.02. The van der Waals surface area contributed by atoms with E-state index in [-0.39, 0.29) is 11.9 Å². The van der Waals surface area contributed by atoms with E-state index in [9.17, 15) is 4.39 Å². The van der Waals surface area contributed by atoms with Crippen molar-refractivity contribution in [3.8, 4) is 0 Å². The molecule has 2 aromatic rings. The maximum atomic E-state index is 12.7. The summed E-state index contributed by atoms with van der Waals surface area (Å²) in [5.41, 5.74) is 0.815. The van der Waals surface area contributed by atoms with Crippen LogP contribution in [0.5, 0.6) is 0 Å². The maximum Gasteiger partial charge on any atom is 0.141 e. The van der Waals surface area contributed by atoms with Crippen LogP contribution in [0.3, 0.4) is 0 Å². The van der Waals surface area contributed by atoms with Crippen LogP contribution in [0.1, 0.15) is 30.2 Å². The van der Waals surface area contributed by atoms with Gasteiger partial charge >= 0.3 is 0 Å². The van der Waals surface area contributed by atoms with Gasteiger partial charge in [0, 0.05) is 6.04 Å². The molecule has 0 saturated carbocycles. The number of aromatic nitrogens is 1. The van der Waals surface area contributed by atoms with Crippen molar-refractivity contribution >= 4 is 0 Å². The predicted molar refractivity (Wildman–Crippen MR) is 62.9 cm³/mol. The van der Waals surface area contributed by atoms with Gasteiger partial charge < -0.3 is 9.73 Å². The largest absolute Gasteiger partial charge is 0.465 e. The summed E-state index contributed by atoms with van der Waals surface area (Å²) in [6.45, 7) is 4.53. The number of aryl methyl sites for hydroxylation is 1. The SMILES string of the molecule is Cc1ccc(CNC(C)c2ccc(F)cn2)o1. The Morgan fingerprint density at radius 2 is 2.18 bits per heavy atom. The zero-order valence-electron chi connectivity index (χ0n) is 9.90. The van der Waals surface area contributed by atoms with Gasteiger partial charge in [-0.2, -0.15) is 0 Å². The van der Waals surface area contributed by atoms with E-state index in [0.717, 1.165) is 17.2 Å². The van der Waals surface area contributed by atoms with Crippen LogP contribution in [0.25, 0.3) is 0 Å². The molecule has 0 aliphatic heterocycles. The number of hydrogen-bond donors (Lipinski definition) is 1. The molecule has 1 unspecified atom stereocenters. The number of furan rings is 1. The molecular weight excluding hydrogens is 219 g/mol. The molecule has 4 heteroatoms. The van der Waals surface area contributed by atoms with Crippen LogP contribution < -0.4 is 5.32 Å². The smallest absolute Gasteiger partial charge is 0.141 e. The molecule has 0 fully saturated rings. The van der Waals surface area contributed by atoms with Gasteiger partial charge in [0.25, 0.3) is 0 Å². The van der Waals surface area contributed by atoms with E-state index < -0.39 is 0 Å². The second-order valence-corrected chi connectivity index (χ2v) is 4.02. The van der Waals surface area contributed by atoms with Crippen molar-refractivity contribution in [3.63, 3.8) is 0 Å². The predicted octanol–water partition coefficient (Wildman–Crippen LogP) is 2.97. The minimum absolute atomic E-state index is 0.0565. The van der Waals surface area contributed by atoms with Gasteiger partial charge in [0.2, 0.25) is 0 Å². The highest BCUT2D eigenvalue weighted by atomic mass is 19.1. The van der Waals surface area contributed by atoms with Crippen LogP contribution in [0.2, 0.25) is 0 Å². The minimum atomic E-state index is -0.317. The molecule has 0 spiro atoms. The van der Waals surface area contributed by atoms with Crippen molar-refractivity contribution in [1.82, 2.24) is 10.3 Å². The Balaban J connectivity index is 1.93. The van der Waals surface area contributed by atoms with Gasteiger partial charge in [-0.1, -0.05) is 0 Å². The van der Waals surface area contributed by atoms with Crippen LogP contribution in [0.4, 0.5) is 4.39 Å². The fourth-order valence-electron chi connectivity index (χ4n) is 1.58. The van der Waals surface area contributed by atoms with E-state index in [1.54, 1.807) is 6.07 Å².